The number of benzene rings is 2. The highest BCUT2D eigenvalue weighted by atomic mass is 79.9. The summed E-state index contributed by atoms with van der Waals surface area (Å²) < 4.78 is 37.4. The zero-order valence-corrected chi connectivity index (χ0v) is 11.8. The second kappa shape index (κ2) is 5.79. The summed E-state index contributed by atoms with van der Waals surface area (Å²) in [5.74, 6) is -0.273. The van der Waals surface area contributed by atoms with Crippen molar-refractivity contribution in [3.8, 4) is 0 Å². The molecule has 0 aliphatic carbocycles. The molecule has 20 heavy (non-hydrogen) atoms. The van der Waals surface area contributed by atoms with Crippen molar-refractivity contribution >= 4 is 21.7 Å². The Morgan fingerprint density at radius 1 is 0.950 bits per heavy atom. The Morgan fingerprint density at radius 3 is 2.00 bits per heavy atom. The van der Waals surface area contributed by atoms with E-state index in [1.165, 1.54) is 12.1 Å². The molecule has 0 radical (unpaired) electrons. The van der Waals surface area contributed by atoms with Crippen molar-refractivity contribution in [2.75, 3.05) is 0 Å². The highest BCUT2D eigenvalue weighted by Crippen LogP contribution is 2.31. The van der Waals surface area contributed by atoms with Crippen molar-refractivity contribution in [1.82, 2.24) is 0 Å². The molecule has 0 aromatic heterocycles. The van der Waals surface area contributed by atoms with E-state index in [0.717, 1.165) is 17.7 Å². The van der Waals surface area contributed by atoms with Crippen LogP contribution < -0.4 is 0 Å². The van der Waals surface area contributed by atoms with Gasteiger partial charge in [-0.05, 0) is 17.7 Å². The molecule has 1 unspecified atom stereocenters. The molecule has 0 amide bonds. The summed E-state index contributed by atoms with van der Waals surface area (Å²) >= 11 is 3.27. The molecule has 1 atom stereocenters. The highest BCUT2D eigenvalue weighted by Gasteiger charge is 2.30. The number of carbonyl (C=O) groups excluding carboxylic acids is 1. The molecule has 0 bridgehead atoms. The van der Waals surface area contributed by atoms with Crippen molar-refractivity contribution in [2.45, 2.75) is 11.0 Å². The van der Waals surface area contributed by atoms with Crippen LogP contribution in [0.1, 0.15) is 26.3 Å². The standard InChI is InChI=1S/C15H10BrF3O/c16-13(10-4-2-1-3-5-10)14(20)11-6-8-12(9-7-11)15(17,18)19/h1-9,13H. The van der Waals surface area contributed by atoms with Crippen molar-refractivity contribution in [1.29, 1.82) is 0 Å². The molecule has 2 rings (SSSR count). The van der Waals surface area contributed by atoms with Gasteiger partial charge >= 0.3 is 6.18 Å². The van der Waals surface area contributed by atoms with Gasteiger partial charge in [-0.2, -0.15) is 13.2 Å². The molecule has 0 saturated heterocycles. The predicted octanol–water partition coefficient (Wildman–Crippen LogP) is 5.02. The number of hydrogen-bond acceptors (Lipinski definition) is 1. The van der Waals surface area contributed by atoms with E-state index in [1.54, 1.807) is 24.3 Å². The molecule has 0 aliphatic rings. The maximum Gasteiger partial charge on any atom is 0.416 e. The van der Waals surface area contributed by atoms with Gasteiger partial charge in [0.25, 0.3) is 0 Å². The molecule has 5 heteroatoms. The van der Waals surface area contributed by atoms with E-state index < -0.39 is 16.6 Å². The fourth-order valence-electron chi connectivity index (χ4n) is 1.74. The van der Waals surface area contributed by atoms with E-state index in [2.05, 4.69) is 15.9 Å². The van der Waals surface area contributed by atoms with Crippen LogP contribution in [-0.2, 0) is 6.18 Å². The summed E-state index contributed by atoms with van der Waals surface area (Å²) in [5.41, 5.74) is 0.237. The second-order valence-electron chi connectivity index (χ2n) is 4.21. The zero-order valence-electron chi connectivity index (χ0n) is 10.2. The minimum absolute atomic E-state index is 0.240. The Morgan fingerprint density at radius 2 is 1.50 bits per heavy atom. The molecule has 2 aromatic rings. The third-order valence-electron chi connectivity index (χ3n) is 2.82. The summed E-state index contributed by atoms with van der Waals surface area (Å²) in [6.07, 6.45) is -4.39. The van der Waals surface area contributed by atoms with Crippen molar-refractivity contribution in [3.63, 3.8) is 0 Å². The topological polar surface area (TPSA) is 17.1 Å². The predicted molar refractivity (Wildman–Crippen MR) is 73.9 cm³/mol. The monoisotopic (exact) mass is 342 g/mol. The molecular weight excluding hydrogens is 333 g/mol. The molecule has 0 aliphatic heterocycles. The fourth-order valence-corrected chi connectivity index (χ4v) is 2.31. The quantitative estimate of drug-likeness (QED) is 0.565. The third kappa shape index (κ3) is 3.28. The minimum Gasteiger partial charge on any atom is -0.293 e. The lowest BCUT2D eigenvalue weighted by molar-refractivity contribution is -0.137. The first-order valence-corrected chi connectivity index (χ1v) is 6.71. The van der Waals surface area contributed by atoms with Gasteiger partial charge in [-0.15, -0.1) is 0 Å². The number of hydrogen-bond donors (Lipinski definition) is 0. The van der Waals surface area contributed by atoms with Crippen LogP contribution in [0.5, 0.6) is 0 Å². The van der Waals surface area contributed by atoms with Gasteiger partial charge in [0.1, 0.15) is 4.83 Å². The van der Waals surface area contributed by atoms with E-state index in [-0.39, 0.29) is 11.3 Å². The average molecular weight is 343 g/mol. The molecule has 0 heterocycles. The van der Waals surface area contributed by atoms with Gasteiger partial charge in [-0.3, -0.25) is 4.79 Å². The van der Waals surface area contributed by atoms with E-state index in [9.17, 15) is 18.0 Å². The summed E-state index contributed by atoms with van der Waals surface area (Å²) in [7, 11) is 0. The number of carbonyl (C=O) groups is 1. The Labute approximate surface area is 122 Å². The Bertz CT molecular complexity index is 591. The Balaban J connectivity index is 2.22. The molecule has 0 fully saturated rings. The first kappa shape index (κ1) is 14.8. The number of halogens is 4. The smallest absolute Gasteiger partial charge is 0.293 e. The van der Waals surface area contributed by atoms with E-state index in [4.69, 9.17) is 0 Å². The van der Waals surface area contributed by atoms with Crippen LogP contribution in [0.2, 0.25) is 0 Å². The second-order valence-corrected chi connectivity index (χ2v) is 5.13. The maximum atomic E-state index is 12.5. The number of Topliss-reactive ketones (excluding diaryl/α,β-unsaturated/α-hetero) is 1. The van der Waals surface area contributed by atoms with Crippen LogP contribution >= 0.6 is 15.9 Å². The molecule has 0 saturated carbocycles. The summed E-state index contributed by atoms with van der Waals surface area (Å²) in [5, 5.41) is 0. The number of alkyl halides is 4. The van der Waals surface area contributed by atoms with Crippen LogP contribution in [0, 0.1) is 0 Å². The highest BCUT2D eigenvalue weighted by molar-refractivity contribution is 9.09. The van der Waals surface area contributed by atoms with Crippen LogP contribution in [0.3, 0.4) is 0 Å². The lowest BCUT2D eigenvalue weighted by atomic mass is 10.0. The van der Waals surface area contributed by atoms with Crippen LogP contribution in [0.25, 0.3) is 0 Å². The number of rotatable bonds is 3. The summed E-state index contributed by atoms with van der Waals surface area (Å²) in [4.78, 5) is 11.6. The van der Waals surface area contributed by atoms with E-state index in [0.29, 0.717) is 0 Å². The van der Waals surface area contributed by atoms with E-state index >= 15 is 0 Å². The lowest BCUT2D eigenvalue weighted by Crippen LogP contribution is -2.09. The van der Waals surface area contributed by atoms with Gasteiger partial charge in [0, 0.05) is 5.56 Å². The molecule has 2 aromatic carbocycles. The van der Waals surface area contributed by atoms with Gasteiger partial charge < -0.3 is 0 Å². The van der Waals surface area contributed by atoms with Crippen LogP contribution in [0.4, 0.5) is 13.2 Å². The largest absolute Gasteiger partial charge is 0.416 e. The lowest BCUT2D eigenvalue weighted by Gasteiger charge is -2.11. The fraction of sp³-hybridized carbons (Fsp3) is 0.133. The molecule has 0 N–H and O–H groups in total. The SMILES string of the molecule is O=C(c1ccc(C(F)(F)F)cc1)C(Br)c1ccccc1. The van der Waals surface area contributed by atoms with Gasteiger partial charge in [-0.1, -0.05) is 58.4 Å². The van der Waals surface area contributed by atoms with Gasteiger partial charge in [0.15, 0.2) is 5.78 Å². The molecule has 104 valence electrons. The van der Waals surface area contributed by atoms with Crippen LogP contribution in [0.15, 0.2) is 54.6 Å². The van der Waals surface area contributed by atoms with Gasteiger partial charge in [0.2, 0.25) is 0 Å². The van der Waals surface area contributed by atoms with Crippen molar-refractivity contribution in [3.05, 3.63) is 71.3 Å². The number of ketones is 1. The third-order valence-corrected chi connectivity index (χ3v) is 3.76. The average Bonchev–Trinajstić information content (AvgIpc) is 2.46. The molecule has 0 spiro atoms. The van der Waals surface area contributed by atoms with Crippen LogP contribution in [-0.4, -0.2) is 5.78 Å². The zero-order chi connectivity index (χ0) is 14.8. The minimum atomic E-state index is -4.39. The normalized spacial score (nSPS) is 13.0. The van der Waals surface area contributed by atoms with Gasteiger partial charge in [0.05, 0.1) is 5.56 Å². The Kier molecular flexibility index (Phi) is 4.28. The summed E-state index contributed by atoms with van der Waals surface area (Å²) in [6.45, 7) is 0. The Hall–Kier alpha value is -1.62. The molecule has 1 nitrogen and oxygen atoms in total. The first-order chi connectivity index (χ1) is 9.39. The maximum absolute atomic E-state index is 12.5. The van der Waals surface area contributed by atoms with Crippen molar-refractivity contribution in [2.24, 2.45) is 0 Å². The molecular formula is C15H10BrF3O. The van der Waals surface area contributed by atoms with E-state index in [1.807, 2.05) is 6.07 Å². The first-order valence-electron chi connectivity index (χ1n) is 5.80. The summed E-state index contributed by atoms with van der Waals surface area (Å²) in [6, 6.07) is 13.2. The van der Waals surface area contributed by atoms with Crippen molar-refractivity contribution < 1.29 is 18.0 Å². The van der Waals surface area contributed by atoms with Gasteiger partial charge in [-0.25, -0.2) is 0 Å².